The summed E-state index contributed by atoms with van der Waals surface area (Å²) in [6.45, 7) is 4.25. The van der Waals surface area contributed by atoms with Gasteiger partial charge in [0.05, 0.1) is 20.6 Å². The Kier molecular flexibility index (Phi) is 9.19. The number of ketones is 1. The fourth-order valence-electron chi connectivity index (χ4n) is 2.52. The van der Waals surface area contributed by atoms with Crippen molar-refractivity contribution in [1.82, 2.24) is 5.32 Å². The number of Topliss-reactive ketones (excluding diaryl/α,β-unsaturated/α-hetero) is 1. The molecule has 0 bridgehead atoms. The predicted octanol–water partition coefficient (Wildman–Crippen LogP) is 2.07. The Morgan fingerprint density at radius 1 is 0.963 bits per heavy atom. The number of carbonyl (C=O) groups excluding carboxylic acids is 4. The average Bonchev–Trinajstić information content (AvgIpc) is 2.64. The van der Waals surface area contributed by atoms with Crippen molar-refractivity contribution in [2.24, 2.45) is 5.92 Å². The van der Waals surface area contributed by atoms with Crippen LogP contribution in [0.2, 0.25) is 0 Å². The highest BCUT2D eigenvalue weighted by Crippen LogP contribution is 2.12. The number of ether oxygens (including phenoxy) is 2. The number of esters is 2. The van der Waals surface area contributed by atoms with Gasteiger partial charge < -0.3 is 14.8 Å². The third-order valence-electron chi connectivity index (χ3n) is 3.92. The summed E-state index contributed by atoms with van der Waals surface area (Å²) in [5.74, 6) is -1.55. The molecule has 7 nitrogen and oxygen atoms in total. The Morgan fingerprint density at radius 2 is 1.59 bits per heavy atom. The van der Waals surface area contributed by atoms with Crippen molar-refractivity contribution >= 4 is 23.6 Å². The molecule has 0 aliphatic carbocycles. The Morgan fingerprint density at radius 3 is 2.11 bits per heavy atom. The summed E-state index contributed by atoms with van der Waals surface area (Å²) in [6.07, 6.45) is 0.509. The molecule has 148 valence electrons. The van der Waals surface area contributed by atoms with Crippen LogP contribution in [0.1, 0.15) is 49.0 Å². The van der Waals surface area contributed by atoms with Crippen LogP contribution in [0, 0.1) is 5.92 Å². The molecule has 0 aliphatic heterocycles. The molecule has 0 radical (unpaired) electrons. The highest BCUT2D eigenvalue weighted by atomic mass is 16.5. The zero-order valence-corrected chi connectivity index (χ0v) is 16.2. The fourth-order valence-corrected chi connectivity index (χ4v) is 2.52. The van der Waals surface area contributed by atoms with Gasteiger partial charge in [-0.05, 0) is 17.9 Å². The first-order chi connectivity index (χ1) is 12.8. The number of hydrogen-bond acceptors (Lipinski definition) is 6. The molecule has 27 heavy (non-hydrogen) atoms. The normalized spacial score (nSPS) is 11.6. The first-order valence-corrected chi connectivity index (χ1v) is 8.83. The number of hydrogen-bond donors (Lipinski definition) is 1. The summed E-state index contributed by atoms with van der Waals surface area (Å²) in [7, 11) is 2.34. The van der Waals surface area contributed by atoms with Gasteiger partial charge >= 0.3 is 11.9 Å². The average molecular weight is 377 g/mol. The summed E-state index contributed by atoms with van der Waals surface area (Å²) >= 11 is 0. The summed E-state index contributed by atoms with van der Waals surface area (Å²) in [6, 6.07) is 6.20. The van der Waals surface area contributed by atoms with Gasteiger partial charge in [0.25, 0.3) is 0 Å². The molecule has 0 heterocycles. The predicted molar refractivity (Wildman–Crippen MR) is 99.1 cm³/mol. The second-order valence-corrected chi connectivity index (χ2v) is 6.64. The fraction of sp³-hybridized carbons (Fsp3) is 0.500. The van der Waals surface area contributed by atoms with Gasteiger partial charge in [0.1, 0.15) is 6.04 Å². The molecule has 1 amide bonds. The maximum Gasteiger partial charge on any atom is 0.328 e. The van der Waals surface area contributed by atoms with Crippen LogP contribution in [0.5, 0.6) is 0 Å². The van der Waals surface area contributed by atoms with Crippen LogP contribution in [0.3, 0.4) is 0 Å². The molecule has 1 rings (SSSR count). The second-order valence-electron chi connectivity index (χ2n) is 6.64. The molecule has 0 unspecified atom stereocenters. The third-order valence-corrected chi connectivity index (χ3v) is 3.92. The van der Waals surface area contributed by atoms with Crippen LogP contribution in [0.25, 0.3) is 0 Å². The molecule has 1 aromatic rings. The number of methoxy groups -OCH3 is 2. The molecule has 0 aromatic heterocycles. The van der Waals surface area contributed by atoms with E-state index in [0.717, 1.165) is 19.1 Å². The van der Waals surface area contributed by atoms with Gasteiger partial charge in [-0.3, -0.25) is 14.4 Å². The molecule has 0 aliphatic rings. The molecule has 7 heteroatoms. The Bertz CT molecular complexity index is 666. The van der Waals surface area contributed by atoms with Crippen LogP contribution in [-0.2, 0) is 30.3 Å². The van der Waals surface area contributed by atoms with Crippen LogP contribution in [0.4, 0.5) is 0 Å². The van der Waals surface area contributed by atoms with Crippen molar-refractivity contribution in [3.63, 3.8) is 0 Å². The summed E-state index contributed by atoms with van der Waals surface area (Å²) in [5.41, 5.74) is 1.69. The molecule has 1 atom stereocenters. The van der Waals surface area contributed by atoms with Crippen LogP contribution < -0.4 is 5.32 Å². The number of amides is 1. The first kappa shape index (κ1) is 22.3. The zero-order valence-electron chi connectivity index (χ0n) is 16.2. The smallest absolute Gasteiger partial charge is 0.328 e. The molecule has 1 aromatic carbocycles. The van der Waals surface area contributed by atoms with Gasteiger partial charge in [0.15, 0.2) is 5.78 Å². The van der Waals surface area contributed by atoms with Gasteiger partial charge in [-0.1, -0.05) is 38.1 Å². The summed E-state index contributed by atoms with van der Waals surface area (Å²) < 4.78 is 9.06. The van der Waals surface area contributed by atoms with E-state index in [1.165, 1.54) is 7.11 Å². The van der Waals surface area contributed by atoms with E-state index in [2.05, 4.69) is 28.6 Å². The van der Waals surface area contributed by atoms with Crippen molar-refractivity contribution < 1.29 is 28.7 Å². The standard InChI is InChI=1S/C20H27NO6/c1-13(2)11-14-5-7-15(8-6-14)17(22)9-10-18(23)21-16(20(25)27-4)12-19(24)26-3/h5-8,13,16H,9-12H2,1-4H3,(H,21,23)/t16-/m0/s1. The van der Waals surface area contributed by atoms with E-state index in [4.69, 9.17) is 0 Å². The van der Waals surface area contributed by atoms with Gasteiger partial charge in [0, 0.05) is 18.4 Å². The van der Waals surface area contributed by atoms with Crippen molar-refractivity contribution in [2.45, 2.75) is 45.6 Å². The minimum absolute atomic E-state index is 0.00147. The van der Waals surface area contributed by atoms with Crippen molar-refractivity contribution in [3.8, 4) is 0 Å². The number of rotatable bonds is 10. The second kappa shape index (κ2) is 11.1. The van der Waals surface area contributed by atoms with E-state index < -0.39 is 23.9 Å². The molecular formula is C20H27NO6. The Labute approximate surface area is 159 Å². The van der Waals surface area contributed by atoms with Crippen molar-refractivity contribution in [3.05, 3.63) is 35.4 Å². The molecule has 0 fully saturated rings. The molecular weight excluding hydrogens is 350 g/mol. The number of nitrogens with one attached hydrogen (secondary N) is 1. The highest BCUT2D eigenvalue weighted by molar-refractivity contribution is 5.98. The molecule has 1 N–H and O–H groups in total. The first-order valence-electron chi connectivity index (χ1n) is 8.83. The SMILES string of the molecule is COC(=O)C[C@H](NC(=O)CCC(=O)c1ccc(CC(C)C)cc1)C(=O)OC. The molecule has 0 spiro atoms. The lowest BCUT2D eigenvalue weighted by molar-refractivity contribution is -0.150. The van der Waals surface area contributed by atoms with E-state index in [-0.39, 0.29) is 25.0 Å². The minimum atomic E-state index is -1.14. The van der Waals surface area contributed by atoms with Crippen LogP contribution in [0.15, 0.2) is 24.3 Å². The van der Waals surface area contributed by atoms with Crippen LogP contribution >= 0.6 is 0 Å². The van der Waals surface area contributed by atoms with Gasteiger partial charge in [-0.15, -0.1) is 0 Å². The van der Waals surface area contributed by atoms with Gasteiger partial charge in [-0.2, -0.15) is 0 Å². The largest absolute Gasteiger partial charge is 0.469 e. The quantitative estimate of drug-likeness (QED) is 0.495. The van der Waals surface area contributed by atoms with Crippen molar-refractivity contribution in [2.75, 3.05) is 14.2 Å². The maximum absolute atomic E-state index is 12.2. The lowest BCUT2D eigenvalue weighted by Crippen LogP contribution is -2.43. The third kappa shape index (κ3) is 8.02. The van der Waals surface area contributed by atoms with Crippen LogP contribution in [-0.4, -0.2) is 43.9 Å². The summed E-state index contributed by atoms with van der Waals surface area (Å²) in [4.78, 5) is 47.3. The molecule has 0 saturated heterocycles. The van der Waals surface area contributed by atoms with E-state index in [1.807, 2.05) is 12.1 Å². The topological polar surface area (TPSA) is 98.8 Å². The zero-order chi connectivity index (χ0) is 20.4. The lowest BCUT2D eigenvalue weighted by atomic mass is 9.99. The van der Waals surface area contributed by atoms with E-state index in [9.17, 15) is 19.2 Å². The number of benzene rings is 1. The lowest BCUT2D eigenvalue weighted by Gasteiger charge is -2.15. The Balaban J connectivity index is 2.57. The minimum Gasteiger partial charge on any atom is -0.469 e. The number of carbonyl (C=O) groups is 4. The van der Waals surface area contributed by atoms with E-state index in [1.54, 1.807) is 12.1 Å². The molecule has 0 saturated carbocycles. The van der Waals surface area contributed by atoms with Gasteiger partial charge in [0.2, 0.25) is 5.91 Å². The monoisotopic (exact) mass is 377 g/mol. The summed E-state index contributed by atoms with van der Waals surface area (Å²) in [5, 5.41) is 2.40. The van der Waals surface area contributed by atoms with Gasteiger partial charge in [-0.25, -0.2) is 4.79 Å². The van der Waals surface area contributed by atoms with Crippen molar-refractivity contribution in [1.29, 1.82) is 0 Å². The van der Waals surface area contributed by atoms with E-state index >= 15 is 0 Å². The van der Waals surface area contributed by atoms with E-state index in [0.29, 0.717) is 11.5 Å². The maximum atomic E-state index is 12.2. The highest BCUT2D eigenvalue weighted by Gasteiger charge is 2.25. The Hall–Kier alpha value is -2.70.